The van der Waals surface area contributed by atoms with E-state index in [9.17, 15) is 9.90 Å². The third-order valence-electron chi connectivity index (χ3n) is 3.97. The number of rotatable bonds is 5. The number of hydrogen-bond acceptors (Lipinski definition) is 3. The highest BCUT2D eigenvalue weighted by molar-refractivity contribution is 7.98. The molecule has 20 heavy (non-hydrogen) atoms. The van der Waals surface area contributed by atoms with Crippen molar-refractivity contribution >= 4 is 28.7 Å². The number of fused-ring (bicyclic) bond motifs is 1. The Bertz CT molecular complexity index is 611. The first-order chi connectivity index (χ1) is 9.75. The van der Waals surface area contributed by atoms with Crippen LogP contribution in [0, 0.1) is 5.92 Å². The first-order valence-corrected chi connectivity index (χ1v) is 8.22. The van der Waals surface area contributed by atoms with E-state index < -0.39 is 5.97 Å². The van der Waals surface area contributed by atoms with Crippen LogP contribution in [0.3, 0.4) is 0 Å². The lowest BCUT2D eigenvalue weighted by Crippen LogP contribution is -2.00. The molecule has 0 radical (unpaired) electrons. The summed E-state index contributed by atoms with van der Waals surface area (Å²) in [6.07, 6.45) is 5.34. The lowest BCUT2D eigenvalue weighted by molar-refractivity contribution is 0.0664. The summed E-state index contributed by atoms with van der Waals surface area (Å²) < 4.78 is 5.47. The molecule has 1 heterocycles. The van der Waals surface area contributed by atoms with Crippen LogP contribution in [0.4, 0.5) is 0 Å². The molecular formula is C16H18O3S. The van der Waals surface area contributed by atoms with E-state index in [0.717, 1.165) is 28.4 Å². The van der Waals surface area contributed by atoms with Gasteiger partial charge in [-0.15, -0.1) is 0 Å². The van der Waals surface area contributed by atoms with Crippen molar-refractivity contribution in [3.8, 4) is 0 Å². The van der Waals surface area contributed by atoms with Gasteiger partial charge in [0.25, 0.3) is 0 Å². The molecule has 1 fully saturated rings. The number of carboxylic acid groups (broad SMARTS) is 1. The summed E-state index contributed by atoms with van der Waals surface area (Å²) in [5.74, 6) is 1.78. The van der Waals surface area contributed by atoms with Gasteiger partial charge in [-0.3, -0.25) is 0 Å². The van der Waals surface area contributed by atoms with Crippen LogP contribution >= 0.6 is 11.8 Å². The van der Waals surface area contributed by atoms with Crippen LogP contribution in [0.1, 0.15) is 41.8 Å². The Morgan fingerprint density at radius 1 is 1.30 bits per heavy atom. The summed E-state index contributed by atoms with van der Waals surface area (Å²) in [5.41, 5.74) is 1.50. The molecule has 1 N–H and O–H groups in total. The Hall–Kier alpha value is -1.42. The minimum Gasteiger partial charge on any atom is -0.475 e. The first kappa shape index (κ1) is 13.6. The predicted octanol–water partition coefficient (Wildman–Crippen LogP) is 4.55. The molecular weight excluding hydrogens is 272 g/mol. The van der Waals surface area contributed by atoms with Gasteiger partial charge in [0.2, 0.25) is 5.76 Å². The molecule has 0 spiro atoms. The van der Waals surface area contributed by atoms with Crippen LogP contribution in [-0.2, 0) is 5.75 Å². The van der Waals surface area contributed by atoms with Crippen LogP contribution < -0.4 is 0 Å². The van der Waals surface area contributed by atoms with Gasteiger partial charge in [0.1, 0.15) is 5.58 Å². The number of hydrogen-bond donors (Lipinski definition) is 1. The fourth-order valence-electron chi connectivity index (χ4n) is 2.92. The summed E-state index contributed by atoms with van der Waals surface area (Å²) in [7, 11) is 0. The van der Waals surface area contributed by atoms with E-state index in [-0.39, 0.29) is 5.76 Å². The molecule has 0 atom stereocenters. The van der Waals surface area contributed by atoms with Gasteiger partial charge < -0.3 is 9.52 Å². The minimum absolute atomic E-state index is 0.102. The second-order valence-corrected chi connectivity index (χ2v) is 6.41. The van der Waals surface area contributed by atoms with Crippen molar-refractivity contribution in [1.29, 1.82) is 0 Å². The molecule has 1 saturated carbocycles. The second-order valence-electron chi connectivity index (χ2n) is 5.38. The smallest absolute Gasteiger partial charge is 0.372 e. The number of benzene rings is 1. The van der Waals surface area contributed by atoms with Crippen LogP contribution in [0.15, 0.2) is 28.7 Å². The fourth-order valence-corrected chi connectivity index (χ4v) is 4.19. The van der Waals surface area contributed by atoms with Gasteiger partial charge >= 0.3 is 5.97 Å². The maximum absolute atomic E-state index is 11.3. The van der Waals surface area contributed by atoms with Crippen molar-refractivity contribution in [2.24, 2.45) is 5.92 Å². The van der Waals surface area contributed by atoms with E-state index in [1.165, 1.54) is 25.7 Å². The summed E-state index contributed by atoms with van der Waals surface area (Å²) >= 11 is 1.83. The standard InChI is InChI=1S/C16H18O3S/c17-16(18)15-13(10-20-9-11-5-1-2-6-11)12-7-3-4-8-14(12)19-15/h3-4,7-8,11H,1-2,5-6,9-10H2,(H,17,18). The average molecular weight is 290 g/mol. The van der Waals surface area contributed by atoms with E-state index in [1.54, 1.807) is 0 Å². The second kappa shape index (κ2) is 5.92. The lowest BCUT2D eigenvalue weighted by atomic mass is 10.1. The van der Waals surface area contributed by atoms with Crippen molar-refractivity contribution in [2.75, 3.05) is 5.75 Å². The topological polar surface area (TPSA) is 50.4 Å². The summed E-state index contributed by atoms with van der Waals surface area (Å²) in [6, 6.07) is 7.56. The largest absolute Gasteiger partial charge is 0.475 e. The van der Waals surface area contributed by atoms with Crippen molar-refractivity contribution < 1.29 is 14.3 Å². The van der Waals surface area contributed by atoms with Gasteiger partial charge in [0.05, 0.1) is 0 Å². The molecule has 0 bridgehead atoms. The van der Waals surface area contributed by atoms with Crippen LogP contribution in [0.25, 0.3) is 11.0 Å². The van der Waals surface area contributed by atoms with Crippen LogP contribution in [0.2, 0.25) is 0 Å². The molecule has 106 valence electrons. The van der Waals surface area contributed by atoms with Crippen molar-refractivity contribution in [3.63, 3.8) is 0 Å². The molecule has 4 heteroatoms. The number of carboxylic acids is 1. The van der Waals surface area contributed by atoms with Gasteiger partial charge in [0, 0.05) is 16.7 Å². The molecule has 1 aliphatic rings. The number of para-hydroxylation sites is 1. The number of furan rings is 1. The maximum atomic E-state index is 11.3. The van der Waals surface area contributed by atoms with Gasteiger partial charge in [-0.1, -0.05) is 31.0 Å². The Balaban J connectivity index is 1.78. The van der Waals surface area contributed by atoms with Crippen LogP contribution in [-0.4, -0.2) is 16.8 Å². The van der Waals surface area contributed by atoms with Crippen molar-refractivity contribution in [3.05, 3.63) is 35.6 Å². The molecule has 1 aliphatic carbocycles. The first-order valence-electron chi connectivity index (χ1n) is 7.07. The Kier molecular flexibility index (Phi) is 4.01. The number of carbonyl (C=O) groups is 1. The molecule has 1 aromatic heterocycles. The van der Waals surface area contributed by atoms with E-state index in [1.807, 2.05) is 36.0 Å². The van der Waals surface area contributed by atoms with Gasteiger partial charge in [-0.2, -0.15) is 11.8 Å². The Labute approximate surface area is 122 Å². The Morgan fingerprint density at radius 3 is 2.80 bits per heavy atom. The van der Waals surface area contributed by atoms with Gasteiger partial charge in [0.15, 0.2) is 0 Å². The highest BCUT2D eigenvalue weighted by Crippen LogP contribution is 2.32. The molecule has 1 aromatic carbocycles. The predicted molar refractivity (Wildman–Crippen MR) is 81.3 cm³/mol. The summed E-state index contributed by atoms with van der Waals surface area (Å²) in [6.45, 7) is 0. The van der Waals surface area contributed by atoms with Crippen molar-refractivity contribution in [2.45, 2.75) is 31.4 Å². The number of thioether (sulfide) groups is 1. The van der Waals surface area contributed by atoms with Gasteiger partial charge in [-0.25, -0.2) is 4.79 Å². The zero-order valence-electron chi connectivity index (χ0n) is 11.3. The SMILES string of the molecule is O=C(O)c1oc2ccccc2c1CSCC1CCCC1. The summed E-state index contributed by atoms with van der Waals surface area (Å²) in [4.78, 5) is 11.3. The maximum Gasteiger partial charge on any atom is 0.372 e. The molecule has 3 nitrogen and oxygen atoms in total. The van der Waals surface area contributed by atoms with Crippen LogP contribution in [0.5, 0.6) is 0 Å². The molecule has 0 saturated heterocycles. The normalized spacial score (nSPS) is 16.0. The lowest BCUT2D eigenvalue weighted by Gasteiger charge is -2.07. The molecule has 0 aliphatic heterocycles. The third kappa shape index (κ3) is 2.70. The monoisotopic (exact) mass is 290 g/mol. The third-order valence-corrected chi connectivity index (χ3v) is 5.17. The van der Waals surface area contributed by atoms with E-state index >= 15 is 0 Å². The minimum atomic E-state index is -0.974. The van der Waals surface area contributed by atoms with E-state index in [2.05, 4.69) is 0 Å². The molecule has 3 rings (SSSR count). The van der Waals surface area contributed by atoms with Gasteiger partial charge in [-0.05, 0) is 30.6 Å². The molecule has 0 unspecified atom stereocenters. The highest BCUT2D eigenvalue weighted by atomic mass is 32.2. The summed E-state index contributed by atoms with van der Waals surface area (Å²) in [5, 5.41) is 10.2. The van der Waals surface area contributed by atoms with Crippen molar-refractivity contribution in [1.82, 2.24) is 0 Å². The zero-order valence-corrected chi connectivity index (χ0v) is 12.1. The molecule has 2 aromatic rings. The van der Waals surface area contributed by atoms with E-state index in [4.69, 9.17) is 4.42 Å². The number of aromatic carboxylic acids is 1. The fraction of sp³-hybridized carbons (Fsp3) is 0.438. The van der Waals surface area contributed by atoms with E-state index in [0.29, 0.717) is 5.58 Å². The quantitative estimate of drug-likeness (QED) is 0.877. The average Bonchev–Trinajstić information content (AvgIpc) is 3.07. The highest BCUT2D eigenvalue weighted by Gasteiger charge is 2.20. The Morgan fingerprint density at radius 2 is 2.05 bits per heavy atom. The zero-order chi connectivity index (χ0) is 13.9. The molecule has 0 amide bonds.